The van der Waals surface area contributed by atoms with Crippen LogP contribution in [0.15, 0.2) is 53.3 Å². The third-order valence-corrected chi connectivity index (χ3v) is 7.06. The molecule has 10 nitrogen and oxygen atoms in total. The van der Waals surface area contributed by atoms with Gasteiger partial charge in [-0.3, -0.25) is 14.6 Å². The summed E-state index contributed by atoms with van der Waals surface area (Å²) in [6, 6.07) is 15.8. The van der Waals surface area contributed by atoms with Crippen LogP contribution in [0.1, 0.15) is 43.8 Å². The predicted molar refractivity (Wildman–Crippen MR) is 139 cm³/mol. The Bertz CT molecular complexity index is 1470. The minimum Gasteiger partial charge on any atom is -0.454 e. The molecule has 37 heavy (non-hydrogen) atoms. The highest BCUT2D eigenvalue weighted by atomic mass is 16.7. The van der Waals surface area contributed by atoms with Crippen LogP contribution in [-0.2, 0) is 12.1 Å². The van der Waals surface area contributed by atoms with Crippen molar-refractivity contribution in [3.05, 3.63) is 75.8 Å². The number of nitrogens with one attached hydrogen (secondary N) is 1. The van der Waals surface area contributed by atoms with Crippen molar-refractivity contribution in [3.8, 4) is 11.5 Å². The van der Waals surface area contributed by atoms with Crippen molar-refractivity contribution in [3.63, 3.8) is 0 Å². The number of ether oxygens (including phenoxy) is 2. The van der Waals surface area contributed by atoms with E-state index in [0.717, 1.165) is 38.1 Å². The summed E-state index contributed by atoms with van der Waals surface area (Å²) in [4.78, 5) is 21.4. The van der Waals surface area contributed by atoms with Crippen molar-refractivity contribution in [2.75, 3.05) is 33.0 Å². The molecule has 2 aromatic heterocycles. The lowest BCUT2D eigenvalue weighted by molar-refractivity contribution is 0.0975. The number of rotatable bonds is 5. The van der Waals surface area contributed by atoms with Gasteiger partial charge in [0, 0.05) is 49.7 Å². The third kappa shape index (κ3) is 4.58. The highest BCUT2D eigenvalue weighted by Gasteiger charge is 2.35. The van der Waals surface area contributed by atoms with Crippen molar-refractivity contribution in [2.24, 2.45) is 0 Å². The highest BCUT2D eigenvalue weighted by molar-refractivity contribution is 5.83. The Kier molecular flexibility index (Phi) is 5.92. The molecule has 2 aliphatic rings. The first-order chi connectivity index (χ1) is 17.9. The van der Waals surface area contributed by atoms with E-state index in [2.05, 4.69) is 75.3 Å². The van der Waals surface area contributed by atoms with E-state index >= 15 is 0 Å². The molecule has 6 rings (SSSR count). The number of pyridine rings is 1. The smallest absolute Gasteiger partial charge is 0.253 e. The van der Waals surface area contributed by atoms with E-state index in [-0.39, 0.29) is 17.9 Å². The minimum atomic E-state index is -0.397. The van der Waals surface area contributed by atoms with Crippen LogP contribution in [0.3, 0.4) is 0 Å². The van der Waals surface area contributed by atoms with Crippen LogP contribution in [0.4, 0.5) is 0 Å². The molecule has 2 aromatic carbocycles. The van der Waals surface area contributed by atoms with Gasteiger partial charge in [-0.25, -0.2) is 4.68 Å². The average molecular weight is 502 g/mol. The molecule has 0 saturated carbocycles. The van der Waals surface area contributed by atoms with E-state index in [1.165, 1.54) is 5.56 Å². The Labute approximate surface area is 214 Å². The van der Waals surface area contributed by atoms with Crippen molar-refractivity contribution < 1.29 is 9.47 Å². The number of nitrogens with zero attached hydrogens (tertiary/aromatic N) is 6. The molecule has 1 fully saturated rings. The molecule has 1 saturated heterocycles. The lowest BCUT2D eigenvalue weighted by Crippen LogP contribution is -2.49. The fraction of sp³-hybridized carbons (Fsp3) is 0.407. The van der Waals surface area contributed by atoms with E-state index < -0.39 is 6.04 Å². The number of hydrogen-bond acceptors (Lipinski definition) is 8. The van der Waals surface area contributed by atoms with Crippen LogP contribution in [0.25, 0.3) is 10.9 Å². The first-order valence-corrected chi connectivity index (χ1v) is 12.6. The largest absolute Gasteiger partial charge is 0.454 e. The van der Waals surface area contributed by atoms with Crippen LogP contribution in [-0.4, -0.2) is 68.0 Å². The number of benzene rings is 2. The Morgan fingerprint density at radius 1 is 1.00 bits per heavy atom. The molecule has 10 heteroatoms. The van der Waals surface area contributed by atoms with Gasteiger partial charge < -0.3 is 14.5 Å². The molecule has 0 radical (unpaired) electrons. The molecule has 0 spiro atoms. The zero-order valence-electron chi connectivity index (χ0n) is 21.3. The maximum atomic E-state index is 13.5. The van der Waals surface area contributed by atoms with Crippen molar-refractivity contribution in [2.45, 2.75) is 38.9 Å². The lowest BCUT2D eigenvalue weighted by Gasteiger charge is -2.39. The molecule has 0 aliphatic carbocycles. The Balaban J connectivity index is 1.37. The fourth-order valence-corrected chi connectivity index (χ4v) is 5.18. The van der Waals surface area contributed by atoms with E-state index in [4.69, 9.17) is 9.47 Å². The molecule has 0 bridgehead atoms. The topological polar surface area (TPSA) is 101 Å². The number of tetrazole rings is 1. The van der Waals surface area contributed by atoms with Crippen molar-refractivity contribution in [1.29, 1.82) is 0 Å². The van der Waals surface area contributed by atoms with Crippen molar-refractivity contribution >= 4 is 10.9 Å². The predicted octanol–water partition coefficient (Wildman–Crippen LogP) is 2.91. The summed E-state index contributed by atoms with van der Waals surface area (Å²) in [5.41, 5.74) is 2.12. The van der Waals surface area contributed by atoms with Gasteiger partial charge in [0.05, 0.1) is 11.1 Å². The van der Waals surface area contributed by atoms with E-state index in [1.54, 1.807) is 0 Å². The molecule has 192 valence electrons. The summed E-state index contributed by atoms with van der Waals surface area (Å²) < 4.78 is 12.9. The van der Waals surface area contributed by atoms with Crippen LogP contribution in [0, 0.1) is 0 Å². The summed E-state index contributed by atoms with van der Waals surface area (Å²) >= 11 is 0. The summed E-state index contributed by atoms with van der Waals surface area (Å²) in [6.07, 6.45) is 0. The zero-order valence-corrected chi connectivity index (χ0v) is 21.3. The quantitative estimate of drug-likeness (QED) is 0.446. The fourth-order valence-electron chi connectivity index (χ4n) is 5.18. The maximum Gasteiger partial charge on any atom is 0.253 e. The molecular formula is C27H31N7O3. The van der Waals surface area contributed by atoms with Crippen LogP contribution < -0.4 is 15.0 Å². The second kappa shape index (κ2) is 9.28. The monoisotopic (exact) mass is 501 g/mol. The van der Waals surface area contributed by atoms with Gasteiger partial charge in [0.15, 0.2) is 17.3 Å². The van der Waals surface area contributed by atoms with Gasteiger partial charge in [0.1, 0.15) is 6.04 Å². The number of aromatic nitrogens is 5. The molecule has 0 amide bonds. The number of H-pyrrole nitrogens is 1. The SMILES string of the molecule is CC(C)(C)n1nnnc1C(c1cc2cc3c(cc2[nH]c1=O)OCO3)N1CCN(Cc2ccccc2)CC1. The first kappa shape index (κ1) is 23.6. The minimum absolute atomic E-state index is 0.161. The number of fused-ring (bicyclic) bond motifs is 2. The summed E-state index contributed by atoms with van der Waals surface area (Å²) in [5.74, 6) is 1.98. The summed E-state index contributed by atoms with van der Waals surface area (Å²) in [6.45, 7) is 10.6. The van der Waals surface area contributed by atoms with E-state index in [9.17, 15) is 4.79 Å². The first-order valence-electron chi connectivity index (χ1n) is 12.6. The zero-order chi connectivity index (χ0) is 25.6. The van der Waals surface area contributed by atoms with Gasteiger partial charge in [-0.1, -0.05) is 30.3 Å². The van der Waals surface area contributed by atoms with Gasteiger partial charge in [-0.05, 0) is 48.9 Å². The van der Waals surface area contributed by atoms with Crippen LogP contribution in [0.5, 0.6) is 11.5 Å². The third-order valence-electron chi connectivity index (χ3n) is 7.06. The van der Waals surface area contributed by atoms with Crippen LogP contribution in [0.2, 0.25) is 0 Å². The van der Waals surface area contributed by atoms with E-state index in [0.29, 0.717) is 28.4 Å². The summed E-state index contributed by atoms with van der Waals surface area (Å²) in [7, 11) is 0. The number of hydrogen-bond donors (Lipinski definition) is 1. The number of aromatic amines is 1. The maximum absolute atomic E-state index is 13.5. The Hall–Kier alpha value is -3.76. The summed E-state index contributed by atoms with van der Waals surface area (Å²) in [5, 5.41) is 13.7. The Morgan fingerprint density at radius 2 is 1.73 bits per heavy atom. The highest BCUT2D eigenvalue weighted by Crippen LogP contribution is 2.36. The second-order valence-electron chi connectivity index (χ2n) is 10.7. The van der Waals surface area contributed by atoms with Gasteiger partial charge >= 0.3 is 0 Å². The molecule has 1 atom stereocenters. The average Bonchev–Trinajstić information content (AvgIpc) is 3.54. The van der Waals surface area contributed by atoms with Gasteiger partial charge in [0.25, 0.3) is 5.56 Å². The van der Waals surface area contributed by atoms with Crippen molar-refractivity contribution in [1.82, 2.24) is 35.0 Å². The molecule has 4 aromatic rings. The van der Waals surface area contributed by atoms with Gasteiger partial charge in [0.2, 0.25) is 6.79 Å². The standard InChI is InChI=1S/C27H31N7O3/c1-27(2,3)34-25(29-30-31-34)24(33-11-9-32(10-12-33)16-18-7-5-4-6-8-18)20-13-19-14-22-23(37-17-36-22)15-21(19)28-26(20)35/h4-8,13-15,24H,9-12,16-17H2,1-3H3,(H,28,35). The molecule has 1 unspecified atom stereocenters. The Morgan fingerprint density at radius 3 is 2.46 bits per heavy atom. The molecule has 4 heterocycles. The molecule has 2 aliphatic heterocycles. The van der Waals surface area contributed by atoms with Gasteiger partial charge in [-0.2, -0.15) is 0 Å². The number of piperazine rings is 1. The molecular weight excluding hydrogens is 470 g/mol. The lowest BCUT2D eigenvalue weighted by atomic mass is 10.0. The van der Waals surface area contributed by atoms with Crippen LogP contribution >= 0.6 is 0 Å². The van der Waals surface area contributed by atoms with E-state index in [1.807, 2.05) is 28.9 Å². The second-order valence-corrected chi connectivity index (χ2v) is 10.7. The normalized spacial score (nSPS) is 17.4. The molecule has 1 N–H and O–H groups in total. The van der Waals surface area contributed by atoms with Gasteiger partial charge in [-0.15, -0.1) is 5.10 Å².